The van der Waals surface area contributed by atoms with Crippen LogP contribution in [0.25, 0.3) is 0 Å². The highest BCUT2D eigenvalue weighted by atomic mass is 32.2. The van der Waals surface area contributed by atoms with Gasteiger partial charge in [-0.25, -0.2) is 8.42 Å². The second kappa shape index (κ2) is 6.17. The maximum absolute atomic E-state index is 13.1. The summed E-state index contributed by atoms with van der Waals surface area (Å²) in [4.78, 5) is 21.6. The average molecular weight is 410 g/mol. The van der Waals surface area contributed by atoms with Crippen molar-refractivity contribution in [2.45, 2.75) is 35.0 Å². The lowest BCUT2D eigenvalue weighted by atomic mass is 9.91. The molecule has 1 aromatic rings. The van der Waals surface area contributed by atoms with Crippen molar-refractivity contribution in [1.29, 1.82) is 0 Å². The van der Waals surface area contributed by atoms with Crippen molar-refractivity contribution in [1.82, 2.24) is 0 Å². The fourth-order valence-electron chi connectivity index (χ4n) is 3.48. The molecule has 0 bridgehead atoms. The molecule has 1 aliphatic carbocycles. The number of alkyl halides is 3. The summed E-state index contributed by atoms with van der Waals surface area (Å²) in [6.07, 6.45) is -0.158. The molecule has 0 saturated carbocycles. The fraction of sp³-hybridized carbons (Fsp3) is 0.467. The van der Waals surface area contributed by atoms with Crippen LogP contribution in [-0.2, 0) is 41.1 Å². The Bertz CT molecular complexity index is 902. The average Bonchev–Trinajstić information content (AvgIpc) is 3.15. The van der Waals surface area contributed by atoms with Crippen LogP contribution >= 0.6 is 0 Å². The van der Waals surface area contributed by atoms with Gasteiger partial charge in [-0.3, -0.25) is 9.59 Å². The third kappa shape index (κ3) is 2.87. The Balaban J connectivity index is 2.33. The van der Waals surface area contributed by atoms with Crippen LogP contribution in [0.3, 0.4) is 0 Å². The van der Waals surface area contributed by atoms with Crippen molar-refractivity contribution in [3.8, 4) is 0 Å². The molecule has 1 fully saturated rings. The molecule has 148 valence electrons. The van der Waals surface area contributed by atoms with E-state index in [1.807, 2.05) is 0 Å². The number of sulfone groups is 1. The monoisotopic (exact) mass is 410 g/mol. The first-order chi connectivity index (χ1) is 12.4. The molecule has 0 aromatic heterocycles. The van der Waals surface area contributed by atoms with Gasteiger partial charge in [0.05, 0.1) is 18.1 Å². The zero-order chi connectivity index (χ0) is 20.2. The van der Waals surface area contributed by atoms with Crippen LogP contribution in [0.15, 0.2) is 17.0 Å². The van der Waals surface area contributed by atoms with Gasteiger partial charge in [0.1, 0.15) is 0 Å². The van der Waals surface area contributed by atoms with Crippen LogP contribution in [0.1, 0.15) is 29.0 Å². The summed E-state index contributed by atoms with van der Waals surface area (Å²) < 4.78 is 74.2. The number of fused-ring (bicyclic) bond motifs is 2. The third-order valence-electron chi connectivity index (χ3n) is 4.55. The van der Waals surface area contributed by atoms with Gasteiger partial charge in [0.2, 0.25) is 0 Å². The molecule has 8 nitrogen and oxygen atoms in total. The molecule has 27 heavy (non-hydrogen) atoms. The second-order valence-electron chi connectivity index (χ2n) is 6.01. The molecule has 2 N–H and O–H groups in total. The molecule has 1 spiro atoms. The van der Waals surface area contributed by atoms with Crippen molar-refractivity contribution >= 4 is 21.8 Å². The predicted octanol–water partition coefficient (Wildman–Crippen LogP) is 1.38. The van der Waals surface area contributed by atoms with Crippen molar-refractivity contribution in [3.63, 3.8) is 0 Å². The van der Waals surface area contributed by atoms with Crippen molar-refractivity contribution < 1.29 is 50.9 Å². The Labute approximate surface area is 150 Å². The van der Waals surface area contributed by atoms with Gasteiger partial charge in [0.15, 0.2) is 11.7 Å². The van der Waals surface area contributed by atoms with Crippen LogP contribution in [0.4, 0.5) is 13.2 Å². The zero-order valence-corrected chi connectivity index (χ0v) is 14.3. The minimum Gasteiger partial charge on any atom is -0.480 e. The van der Waals surface area contributed by atoms with Crippen LogP contribution in [0.5, 0.6) is 0 Å². The Morgan fingerprint density at radius 3 is 2.15 bits per heavy atom. The van der Waals surface area contributed by atoms with E-state index in [0.717, 1.165) is 6.07 Å². The lowest BCUT2D eigenvalue weighted by molar-refractivity contribution is -0.165. The van der Waals surface area contributed by atoms with Gasteiger partial charge < -0.3 is 19.7 Å². The molecule has 1 aliphatic heterocycles. The number of carboxylic acids is 2. The van der Waals surface area contributed by atoms with Crippen molar-refractivity contribution in [2.75, 3.05) is 13.2 Å². The fourth-order valence-corrected chi connectivity index (χ4v) is 4.52. The first kappa shape index (κ1) is 19.6. The molecule has 0 amide bonds. The van der Waals surface area contributed by atoms with Gasteiger partial charge in [0, 0.05) is 12.0 Å². The number of ether oxygens (including phenoxy) is 2. The minimum atomic E-state index is -5.80. The second-order valence-corrected chi connectivity index (χ2v) is 7.92. The summed E-state index contributed by atoms with van der Waals surface area (Å²) in [5.41, 5.74) is -6.51. The minimum absolute atomic E-state index is 0.00351. The van der Waals surface area contributed by atoms with E-state index >= 15 is 0 Å². The number of rotatable bonds is 4. The summed E-state index contributed by atoms with van der Waals surface area (Å²) in [6.45, 7) is -0.00702. The van der Waals surface area contributed by atoms with Crippen LogP contribution in [-0.4, -0.2) is 49.3 Å². The van der Waals surface area contributed by atoms with Crippen molar-refractivity contribution in [2.24, 2.45) is 0 Å². The molecule has 1 heterocycles. The Hall–Kier alpha value is -2.18. The highest BCUT2D eigenvalue weighted by Crippen LogP contribution is 2.50. The van der Waals surface area contributed by atoms with Gasteiger partial charge in [-0.15, -0.1) is 0 Å². The molecule has 1 saturated heterocycles. The maximum atomic E-state index is 13.1. The highest BCUT2D eigenvalue weighted by Gasteiger charge is 2.55. The van der Waals surface area contributed by atoms with Gasteiger partial charge >= 0.3 is 17.4 Å². The van der Waals surface area contributed by atoms with Crippen LogP contribution < -0.4 is 0 Å². The van der Waals surface area contributed by atoms with E-state index in [1.165, 1.54) is 0 Å². The SMILES string of the molecule is O=C(O)C(C(=O)O)c1ccc(S(=O)(=O)C(F)(F)F)c2c1CCC21OCCO1. The quantitative estimate of drug-likeness (QED) is 0.713. The molecule has 0 radical (unpaired) electrons. The van der Waals surface area contributed by atoms with Gasteiger partial charge in [-0.05, 0) is 23.6 Å². The van der Waals surface area contributed by atoms with Crippen LogP contribution in [0.2, 0.25) is 0 Å². The van der Waals surface area contributed by atoms with Gasteiger partial charge in [-0.1, -0.05) is 6.07 Å². The lowest BCUT2D eigenvalue weighted by Crippen LogP contribution is -2.31. The zero-order valence-electron chi connectivity index (χ0n) is 13.4. The van der Waals surface area contributed by atoms with Crippen molar-refractivity contribution in [3.05, 3.63) is 28.8 Å². The van der Waals surface area contributed by atoms with E-state index in [2.05, 4.69) is 0 Å². The molecule has 0 atom stereocenters. The number of hydrogen-bond donors (Lipinski definition) is 2. The number of carbonyl (C=O) groups is 2. The van der Waals surface area contributed by atoms with E-state index < -0.39 is 49.4 Å². The smallest absolute Gasteiger partial charge is 0.480 e. The number of aliphatic carboxylic acids is 2. The largest absolute Gasteiger partial charge is 0.501 e. The first-order valence-electron chi connectivity index (χ1n) is 7.63. The number of hydrogen-bond acceptors (Lipinski definition) is 6. The van der Waals surface area contributed by atoms with E-state index in [0.29, 0.717) is 6.07 Å². The molecule has 3 rings (SSSR count). The molecule has 1 aromatic carbocycles. The molecule has 12 heteroatoms. The standard InChI is InChI=1S/C15H13F3O8S/c16-15(17,18)27(23,24)9-2-1-7(10(12(19)20)13(21)22)8-3-4-14(11(8)9)25-5-6-26-14/h1-2,10H,3-6H2,(H,19,20)(H,21,22). The first-order valence-corrected chi connectivity index (χ1v) is 9.12. The normalized spacial score (nSPS) is 18.8. The van der Waals surface area contributed by atoms with E-state index in [4.69, 9.17) is 9.47 Å². The summed E-state index contributed by atoms with van der Waals surface area (Å²) in [6, 6.07) is 1.35. The summed E-state index contributed by atoms with van der Waals surface area (Å²) in [5.74, 6) is -7.31. The van der Waals surface area contributed by atoms with E-state index in [1.54, 1.807) is 0 Å². The molecular formula is C15H13F3O8S. The topological polar surface area (TPSA) is 127 Å². The van der Waals surface area contributed by atoms with E-state index in [9.17, 15) is 41.4 Å². The summed E-state index contributed by atoms with van der Waals surface area (Å²) in [7, 11) is -5.80. The van der Waals surface area contributed by atoms with Gasteiger partial charge in [0.25, 0.3) is 9.84 Å². The molecular weight excluding hydrogens is 397 g/mol. The molecule has 2 aliphatic rings. The Morgan fingerprint density at radius 2 is 1.67 bits per heavy atom. The maximum Gasteiger partial charge on any atom is 0.501 e. The summed E-state index contributed by atoms with van der Waals surface area (Å²) in [5, 5.41) is 18.4. The number of benzene rings is 1. The van der Waals surface area contributed by atoms with Crippen LogP contribution in [0, 0.1) is 0 Å². The summed E-state index contributed by atoms with van der Waals surface area (Å²) >= 11 is 0. The predicted molar refractivity (Wildman–Crippen MR) is 79.6 cm³/mol. The highest BCUT2D eigenvalue weighted by molar-refractivity contribution is 7.92. The third-order valence-corrected chi connectivity index (χ3v) is 6.08. The van der Waals surface area contributed by atoms with E-state index in [-0.39, 0.29) is 37.2 Å². The molecule has 0 unspecified atom stereocenters. The van der Waals surface area contributed by atoms with Gasteiger partial charge in [-0.2, -0.15) is 13.2 Å². The lowest BCUT2D eigenvalue weighted by Gasteiger charge is -2.26. The Morgan fingerprint density at radius 1 is 1.11 bits per heavy atom. The Kier molecular flexibility index (Phi) is 4.48. The number of carboxylic acid groups (broad SMARTS) is 2. The number of halogens is 3.